The standard InChI is InChI=1S/C20H17N3O2S/c1-24-17-7-3-5-14(9-17)19-13-26-20(23-19)15(11-21)12-22-16-6-4-8-18(10-16)25-2/h3-10,12-13,22H,1-2H3. The van der Waals surface area contributed by atoms with Crippen LogP contribution in [0.15, 0.2) is 60.1 Å². The highest BCUT2D eigenvalue weighted by Crippen LogP contribution is 2.28. The van der Waals surface area contributed by atoms with Gasteiger partial charge < -0.3 is 14.8 Å². The maximum atomic E-state index is 9.48. The van der Waals surface area contributed by atoms with Gasteiger partial charge in [0.1, 0.15) is 28.1 Å². The van der Waals surface area contributed by atoms with E-state index in [-0.39, 0.29) is 0 Å². The molecular formula is C20H17N3O2S. The van der Waals surface area contributed by atoms with Gasteiger partial charge in [-0.3, -0.25) is 0 Å². The summed E-state index contributed by atoms with van der Waals surface area (Å²) in [7, 11) is 3.25. The molecule has 2 aromatic carbocycles. The molecule has 1 aromatic heterocycles. The lowest BCUT2D eigenvalue weighted by molar-refractivity contribution is 0.415. The van der Waals surface area contributed by atoms with Crippen molar-refractivity contribution in [2.45, 2.75) is 0 Å². The fourth-order valence-electron chi connectivity index (χ4n) is 2.32. The number of benzene rings is 2. The number of rotatable bonds is 6. The van der Waals surface area contributed by atoms with Crippen molar-refractivity contribution in [3.8, 4) is 28.8 Å². The highest BCUT2D eigenvalue weighted by Gasteiger charge is 2.09. The fourth-order valence-corrected chi connectivity index (χ4v) is 3.12. The van der Waals surface area contributed by atoms with Gasteiger partial charge in [0, 0.05) is 28.9 Å². The summed E-state index contributed by atoms with van der Waals surface area (Å²) in [4.78, 5) is 4.58. The molecule has 5 nitrogen and oxygen atoms in total. The number of nitrogens with zero attached hydrogens (tertiary/aromatic N) is 2. The molecule has 0 saturated heterocycles. The van der Waals surface area contributed by atoms with Crippen molar-refractivity contribution in [1.29, 1.82) is 5.26 Å². The third-order valence-electron chi connectivity index (χ3n) is 3.67. The van der Waals surface area contributed by atoms with Crippen LogP contribution in [0.25, 0.3) is 16.8 Å². The van der Waals surface area contributed by atoms with Crippen LogP contribution in [0.5, 0.6) is 11.5 Å². The molecule has 130 valence electrons. The second-order valence-corrected chi connectivity index (χ2v) is 6.17. The van der Waals surface area contributed by atoms with Crippen LogP contribution in [0.2, 0.25) is 0 Å². The smallest absolute Gasteiger partial charge is 0.136 e. The van der Waals surface area contributed by atoms with Gasteiger partial charge in [0.25, 0.3) is 0 Å². The first-order chi connectivity index (χ1) is 12.7. The average Bonchev–Trinajstić information content (AvgIpc) is 3.19. The molecule has 0 radical (unpaired) electrons. The molecule has 0 aliphatic carbocycles. The van der Waals surface area contributed by atoms with E-state index in [0.29, 0.717) is 10.6 Å². The Bertz CT molecular complexity index is 973. The molecule has 1 N–H and O–H groups in total. The Balaban J connectivity index is 1.82. The normalized spacial score (nSPS) is 10.9. The van der Waals surface area contributed by atoms with E-state index in [4.69, 9.17) is 9.47 Å². The van der Waals surface area contributed by atoms with Crippen molar-refractivity contribution in [3.63, 3.8) is 0 Å². The first kappa shape index (κ1) is 17.5. The molecule has 26 heavy (non-hydrogen) atoms. The molecule has 0 saturated carbocycles. The molecule has 0 atom stereocenters. The van der Waals surface area contributed by atoms with Gasteiger partial charge in [-0.05, 0) is 24.3 Å². The summed E-state index contributed by atoms with van der Waals surface area (Å²) in [6, 6.07) is 17.4. The number of methoxy groups -OCH3 is 2. The zero-order valence-electron chi connectivity index (χ0n) is 14.4. The maximum absolute atomic E-state index is 9.48. The van der Waals surface area contributed by atoms with Gasteiger partial charge >= 0.3 is 0 Å². The van der Waals surface area contributed by atoms with Gasteiger partial charge in [-0.1, -0.05) is 18.2 Å². The summed E-state index contributed by atoms with van der Waals surface area (Å²) in [6.45, 7) is 0. The lowest BCUT2D eigenvalue weighted by Gasteiger charge is -2.04. The predicted molar refractivity (Wildman–Crippen MR) is 104 cm³/mol. The third kappa shape index (κ3) is 4.02. The van der Waals surface area contributed by atoms with Crippen molar-refractivity contribution < 1.29 is 9.47 Å². The first-order valence-electron chi connectivity index (χ1n) is 7.84. The largest absolute Gasteiger partial charge is 0.497 e. The predicted octanol–water partition coefficient (Wildman–Crippen LogP) is 4.80. The number of thiazole rings is 1. The minimum atomic E-state index is 0.465. The lowest BCUT2D eigenvalue weighted by atomic mass is 10.1. The van der Waals surface area contributed by atoms with E-state index in [1.165, 1.54) is 11.3 Å². The first-order valence-corrected chi connectivity index (χ1v) is 8.72. The van der Waals surface area contributed by atoms with Crippen molar-refractivity contribution in [3.05, 3.63) is 65.1 Å². The van der Waals surface area contributed by atoms with Gasteiger partial charge in [0.05, 0.1) is 19.9 Å². The summed E-state index contributed by atoms with van der Waals surface area (Å²) in [6.07, 6.45) is 1.66. The second-order valence-electron chi connectivity index (χ2n) is 5.32. The summed E-state index contributed by atoms with van der Waals surface area (Å²) < 4.78 is 10.4. The van der Waals surface area contributed by atoms with E-state index in [1.54, 1.807) is 20.4 Å². The van der Waals surface area contributed by atoms with Crippen molar-refractivity contribution in [2.75, 3.05) is 19.5 Å². The van der Waals surface area contributed by atoms with E-state index >= 15 is 0 Å². The van der Waals surface area contributed by atoms with Crippen LogP contribution < -0.4 is 14.8 Å². The molecule has 3 rings (SSSR count). The number of allylic oxidation sites excluding steroid dienone is 1. The van der Waals surface area contributed by atoms with Crippen molar-refractivity contribution in [1.82, 2.24) is 4.98 Å². The molecule has 0 fully saturated rings. The zero-order valence-corrected chi connectivity index (χ0v) is 15.2. The van der Waals surface area contributed by atoms with Gasteiger partial charge in [-0.25, -0.2) is 4.98 Å². The van der Waals surface area contributed by atoms with E-state index < -0.39 is 0 Å². The molecule has 0 unspecified atom stereocenters. The molecular weight excluding hydrogens is 346 g/mol. The van der Waals surface area contributed by atoms with E-state index in [0.717, 1.165) is 28.4 Å². The van der Waals surface area contributed by atoms with Crippen LogP contribution in [-0.4, -0.2) is 19.2 Å². The van der Waals surface area contributed by atoms with E-state index in [1.807, 2.05) is 53.9 Å². The Morgan fingerprint density at radius 2 is 1.85 bits per heavy atom. The lowest BCUT2D eigenvalue weighted by Crippen LogP contribution is -1.92. The fraction of sp³-hybridized carbons (Fsp3) is 0.100. The summed E-state index contributed by atoms with van der Waals surface area (Å²) >= 11 is 1.43. The number of anilines is 1. The number of nitrogens with one attached hydrogen (secondary N) is 1. The van der Waals surface area contributed by atoms with Crippen LogP contribution in [0.3, 0.4) is 0 Å². The molecule has 0 amide bonds. The van der Waals surface area contributed by atoms with Crippen LogP contribution >= 0.6 is 11.3 Å². The van der Waals surface area contributed by atoms with Gasteiger partial charge in [0.2, 0.25) is 0 Å². The third-order valence-corrected chi connectivity index (χ3v) is 4.55. The quantitative estimate of drug-likeness (QED) is 0.637. The van der Waals surface area contributed by atoms with E-state index in [2.05, 4.69) is 16.4 Å². The van der Waals surface area contributed by atoms with Crippen molar-refractivity contribution >= 4 is 22.6 Å². The van der Waals surface area contributed by atoms with Gasteiger partial charge in [-0.2, -0.15) is 5.26 Å². The molecule has 1 heterocycles. The molecule has 6 heteroatoms. The molecule has 0 spiro atoms. The Morgan fingerprint density at radius 3 is 2.58 bits per heavy atom. The minimum absolute atomic E-state index is 0.465. The number of nitriles is 1. The number of ether oxygens (including phenoxy) is 2. The van der Waals surface area contributed by atoms with Crippen LogP contribution in [0.1, 0.15) is 5.01 Å². The van der Waals surface area contributed by atoms with Crippen LogP contribution in [0, 0.1) is 11.3 Å². The summed E-state index contributed by atoms with van der Waals surface area (Å²) in [5.41, 5.74) is 3.06. The Morgan fingerprint density at radius 1 is 1.12 bits per heavy atom. The molecule has 0 aliphatic rings. The Labute approximate surface area is 156 Å². The van der Waals surface area contributed by atoms with Crippen LogP contribution in [0.4, 0.5) is 5.69 Å². The van der Waals surface area contributed by atoms with Gasteiger partial charge in [-0.15, -0.1) is 11.3 Å². The highest BCUT2D eigenvalue weighted by atomic mass is 32.1. The SMILES string of the molecule is COc1cccc(NC=C(C#N)c2nc(-c3cccc(OC)c3)cs2)c1. The van der Waals surface area contributed by atoms with E-state index in [9.17, 15) is 5.26 Å². The average molecular weight is 363 g/mol. The monoisotopic (exact) mass is 363 g/mol. The molecule has 0 aliphatic heterocycles. The van der Waals surface area contributed by atoms with Gasteiger partial charge in [0.15, 0.2) is 0 Å². The zero-order chi connectivity index (χ0) is 18.4. The van der Waals surface area contributed by atoms with Crippen molar-refractivity contribution in [2.24, 2.45) is 0 Å². The Kier molecular flexibility index (Phi) is 5.52. The number of hydrogen-bond donors (Lipinski definition) is 1. The minimum Gasteiger partial charge on any atom is -0.497 e. The topological polar surface area (TPSA) is 67.2 Å². The number of hydrogen-bond acceptors (Lipinski definition) is 6. The summed E-state index contributed by atoms with van der Waals surface area (Å²) in [5, 5.41) is 15.2. The number of aromatic nitrogens is 1. The second kappa shape index (κ2) is 8.19. The molecule has 3 aromatic rings. The Hall–Kier alpha value is -3.30. The molecule has 0 bridgehead atoms. The maximum Gasteiger partial charge on any atom is 0.136 e. The van der Waals surface area contributed by atoms with Crippen LogP contribution in [-0.2, 0) is 0 Å². The summed E-state index contributed by atoms with van der Waals surface area (Å²) in [5.74, 6) is 1.52. The highest BCUT2D eigenvalue weighted by molar-refractivity contribution is 7.11.